The molecule has 0 unspecified atom stereocenters. The summed E-state index contributed by atoms with van der Waals surface area (Å²) in [7, 11) is 1.79. The summed E-state index contributed by atoms with van der Waals surface area (Å²) in [6, 6.07) is 3.49. The van der Waals surface area contributed by atoms with Crippen LogP contribution in [0.25, 0.3) is 0 Å². The number of nitrogens with one attached hydrogen (secondary N) is 2. The van der Waals surface area contributed by atoms with Crippen LogP contribution in [-0.2, 0) is 0 Å². The molecule has 0 aliphatic rings. The van der Waals surface area contributed by atoms with Gasteiger partial charge in [0.2, 0.25) is 0 Å². The van der Waals surface area contributed by atoms with E-state index in [1.54, 1.807) is 19.2 Å². The summed E-state index contributed by atoms with van der Waals surface area (Å²) in [4.78, 5) is 4.01. The van der Waals surface area contributed by atoms with Crippen molar-refractivity contribution >= 4 is 43.6 Å². The molecule has 0 saturated heterocycles. The van der Waals surface area contributed by atoms with Gasteiger partial charge in [-0.15, -0.1) is 0 Å². The molecule has 64 valence electrons. The molecule has 3 nitrogen and oxygen atoms in total. The van der Waals surface area contributed by atoms with Crippen molar-refractivity contribution in [1.82, 2.24) is 4.98 Å². The van der Waals surface area contributed by atoms with Crippen LogP contribution in [0.15, 0.2) is 12.1 Å². The topological polar surface area (TPSA) is 48.8 Å². The van der Waals surface area contributed by atoms with Crippen molar-refractivity contribution in [2.75, 3.05) is 12.4 Å². The summed E-state index contributed by atoms with van der Waals surface area (Å²) in [5.74, 6) is 0. The van der Waals surface area contributed by atoms with Gasteiger partial charge in [-0.25, -0.2) is 4.98 Å². The summed E-state index contributed by atoms with van der Waals surface area (Å²) < 4.78 is 0.374. The Balaban J connectivity index is 3.21. The highest BCUT2D eigenvalue weighted by atomic mass is 127. The first-order chi connectivity index (χ1) is 5.65. The van der Waals surface area contributed by atoms with Gasteiger partial charge in [-0.2, -0.15) is 0 Å². The van der Waals surface area contributed by atoms with Crippen molar-refractivity contribution in [1.29, 1.82) is 5.41 Å². The van der Waals surface area contributed by atoms with Crippen molar-refractivity contribution in [3.63, 3.8) is 0 Å². The molecule has 0 radical (unpaired) electrons. The maximum atomic E-state index is 7.40. The van der Waals surface area contributed by atoms with Gasteiger partial charge in [0.25, 0.3) is 0 Å². The fraction of sp³-hybridized carbons (Fsp3) is 0.143. The quantitative estimate of drug-likeness (QED) is 0.500. The molecule has 1 aromatic rings. The average molecular weight is 296 g/mol. The van der Waals surface area contributed by atoms with Crippen LogP contribution in [0.2, 0.25) is 5.15 Å². The van der Waals surface area contributed by atoms with E-state index >= 15 is 0 Å². The number of pyridine rings is 1. The van der Waals surface area contributed by atoms with Crippen LogP contribution in [0.1, 0.15) is 5.69 Å². The van der Waals surface area contributed by atoms with E-state index < -0.39 is 0 Å². The average Bonchev–Trinajstić information content (AvgIpc) is 2.04. The Kier molecular flexibility index (Phi) is 3.28. The van der Waals surface area contributed by atoms with Gasteiger partial charge in [-0.1, -0.05) is 11.6 Å². The molecule has 0 saturated carbocycles. The molecular formula is C7H7ClIN3. The van der Waals surface area contributed by atoms with Gasteiger partial charge in [0.05, 0.1) is 5.69 Å². The van der Waals surface area contributed by atoms with Crippen molar-refractivity contribution in [2.45, 2.75) is 0 Å². The molecule has 0 aliphatic carbocycles. The number of hydrogen-bond acceptors (Lipinski definition) is 3. The zero-order valence-electron chi connectivity index (χ0n) is 6.36. The van der Waals surface area contributed by atoms with Crippen molar-refractivity contribution in [3.8, 4) is 0 Å². The van der Waals surface area contributed by atoms with Gasteiger partial charge >= 0.3 is 0 Å². The van der Waals surface area contributed by atoms with Gasteiger partial charge in [-0.05, 0) is 34.7 Å². The smallest absolute Gasteiger partial charge is 0.130 e. The second kappa shape index (κ2) is 4.04. The maximum Gasteiger partial charge on any atom is 0.130 e. The van der Waals surface area contributed by atoms with Gasteiger partial charge in [0.1, 0.15) is 14.6 Å². The van der Waals surface area contributed by atoms with Crippen LogP contribution in [0.4, 0.5) is 5.69 Å². The van der Waals surface area contributed by atoms with E-state index in [1.165, 1.54) is 0 Å². The zero-order valence-corrected chi connectivity index (χ0v) is 9.27. The minimum atomic E-state index is 0.374. The van der Waals surface area contributed by atoms with Crippen molar-refractivity contribution in [2.24, 2.45) is 0 Å². The largest absolute Gasteiger partial charge is 0.386 e. The first-order valence-corrected chi connectivity index (χ1v) is 4.69. The standard InChI is InChI=1S/C7H7ClIN3/c1-11-4-2-3-5(8)12-6(4)7(9)10/h2-3,10-11H,1H3. The number of nitrogens with zero attached hydrogens (tertiary/aromatic N) is 1. The summed E-state index contributed by atoms with van der Waals surface area (Å²) in [5.41, 5.74) is 1.41. The van der Waals surface area contributed by atoms with E-state index in [4.69, 9.17) is 17.0 Å². The molecule has 0 bridgehead atoms. The number of halogens is 2. The second-order valence-corrected chi connectivity index (χ2v) is 3.56. The molecular weight excluding hydrogens is 288 g/mol. The number of aromatic nitrogens is 1. The third-order valence-corrected chi connectivity index (χ3v) is 2.06. The fourth-order valence-corrected chi connectivity index (χ4v) is 1.36. The highest BCUT2D eigenvalue weighted by molar-refractivity contribution is 14.1. The Morgan fingerprint density at radius 3 is 2.83 bits per heavy atom. The maximum absolute atomic E-state index is 7.40. The van der Waals surface area contributed by atoms with Crippen LogP contribution < -0.4 is 5.32 Å². The fourth-order valence-electron chi connectivity index (χ4n) is 0.804. The number of anilines is 1. The van der Waals surface area contributed by atoms with Crippen molar-refractivity contribution in [3.05, 3.63) is 23.0 Å². The molecule has 1 heterocycles. The Morgan fingerprint density at radius 1 is 1.67 bits per heavy atom. The van der Waals surface area contributed by atoms with E-state index in [9.17, 15) is 0 Å². The van der Waals surface area contributed by atoms with Gasteiger partial charge < -0.3 is 5.32 Å². The molecule has 0 fully saturated rings. The normalized spacial score (nSPS) is 9.58. The van der Waals surface area contributed by atoms with Crippen LogP contribution in [0, 0.1) is 5.41 Å². The monoisotopic (exact) mass is 295 g/mol. The Labute approximate surface area is 89.2 Å². The SMILES string of the molecule is CNc1ccc(Cl)nc1C(=N)I. The third-order valence-electron chi connectivity index (χ3n) is 1.34. The van der Waals surface area contributed by atoms with Gasteiger partial charge in [0.15, 0.2) is 0 Å². The minimum absolute atomic E-state index is 0.374. The molecule has 5 heteroatoms. The van der Waals surface area contributed by atoms with E-state index in [0.717, 1.165) is 5.69 Å². The number of hydrogen-bond donors (Lipinski definition) is 2. The lowest BCUT2D eigenvalue weighted by Gasteiger charge is -2.05. The lowest BCUT2D eigenvalue weighted by molar-refractivity contribution is 1.28. The first kappa shape index (κ1) is 9.73. The van der Waals surface area contributed by atoms with Crippen LogP contribution in [-0.4, -0.2) is 15.8 Å². The molecule has 2 N–H and O–H groups in total. The Hall–Kier alpha value is -0.360. The predicted molar refractivity (Wildman–Crippen MR) is 59.6 cm³/mol. The lowest BCUT2D eigenvalue weighted by atomic mass is 10.3. The minimum Gasteiger partial charge on any atom is -0.386 e. The Morgan fingerprint density at radius 2 is 2.33 bits per heavy atom. The molecule has 0 aliphatic heterocycles. The molecule has 12 heavy (non-hydrogen) atoms. The number of rotatable bonds is 2. The first-order valence-electron chi connectivity index (χ1n) is 3.24. The highest BCUT2D eigenvalue weighted by Gasteiger charge is 2.06. The summed E-state index contributed by atoms with van der Waals surface area (Å²) in [6.45, 7) is 0. The molecule has 1 aromatic heterocycles. The molecule has 0 spiro atoms. The molecule has 1 rings (SSSR count). The summed E-state index contributed by atoms with van der Waals surface area (Å²) in [5, 5.41) is 10.7. The lowest BCUT2D eigenvalue weighted by Crippen LogP contribution is -2.01. The summed E-state index contributed by atoms with van der Waals surface area (Å²) in [6.07, 6.45) is 0. The van der Waals surface area contributed by atoms with Crippen LogP contribution >= 0.6 is 34.2 Å². The van der Waals surface area contributed by atoms with E-state index in [-0.39, 0.29) is 0 Å². The van der Waals surface area contributed by atoms with Gasteiger partial charge in [-0.3, -0.25) is 5.41 Å². The molecule has 0 aromatic carbocycles. The van der Waals surface area contributed by atoms with E-state index in [1.807, 2.05) is 22.6 Å². The van der Waals surface area contributed by atoms with E-state index in [2.05, 4.69) is 10.3 Å². The second-order valence-electron chi connectivity index (χ2n) is 2.09. The van der Waals surface area contributed by atoms with E-state index in [0.29, 0.717) is 14.6 Å². The van der Waals surface area contributed by atoms with Crippen molar-refractivity contribution < 1.29 is 0 Å². The Bertz CT molecular complexity index is 314. The molecule has 0 atom stereocenters. The third kappa shape index (κ3) is 2.07. The highest BCUT2D eigenvalue weighted by Crippen LogP contribution is 2.18. The van der Waals surface area contributed by atoms with Crippen LogP contribution in [0.3, 0.4) is 0 Å². The van der Waals surface area contributed by atoms with Gasteiger partial charge in [0, 0.05) is 7.05 Å². The summed E-state index contributed by atoms with van der Waals surface area (Å²) >= 11 is 7.58. The molecule has 0 amide bonds. The van der Waals surface area contributed by atoms with Crippen LogP contribution in [0.5, 0.6) is 0 Å². The predicted octanol–water partition coefficient (Wildman–Crippen LogP) is 2.54. The zero-order chi connectivity index (χ0) is 9.14.